The van der Waals surface area contributed by atoms with Crippen LogP contribution in [0.5, 0.6) is 0 Å². The predicted octanol–water partition coefficient (Wildman–Crippen LogP) is 0.190. The van der Waals surface area contributed by atoms with E-state index in [1.807, 2.05) is 0 Å². The van der Waals surface area contributed by atoms with Crippen molar-refractivity contribution >= 4 is 41.2 Å². The first-order valence-electron chi connectivity index (χ1n) is 17.1. The lowest BCUT2D eigenvalue weighted by atomic mass is 9.94. The Balaban J connectivity index is 1.91. The summed E-state index contributed by atoms with van der Waals surface area (Å²) in [5.74, 6) is -4.29. The van der Waals surface area contributed by atoms with E-state index in [4.69, 9.17) is 24.1 Å². The van der Waals surface area contributed by atoms with Gasteiger partial charge in [0.05, 0.1) is 45.3 Å². The minimum atomic E-state index is -1.19. The summed E-state index contributed by atoms with van der Waals surface area (Å²) in [6.45, 7) is 2.87. The van der Waals surface area contributed by atoms with Crippen LogP contribution in [0, 0.1) is 5.92 Å². The maximum absolute atomic E-state index is 12.2. The topological polar surface area (TPSA) is 262 Å². The van der Waals surface area contributed by atoms with E-state index in [-0.39, 0.29) is 108 Å². The molecular formula is C33H53N5O13. The lowest BCUT2D eigenvalue weighted by Gasteiger charge is -2.12. The zero-order valence-electron chi connectivity index (χ0n) is 29.3. The number of carboxylic acids is 2. The molecule has 0 aliphatic rings. The summed E-state index contributed by atoms with van der Waals surface area (Å²) in [6.07, 6.45) is 6.08. The van der Waals surface area contributed by atoms with Gasteiger partial charge in [0.25, 0.3) is 0 Å². The van der Waals surface area contributed by atoms with Gasteiger partial charge in [-0.05, 0) is 32.1 Å². The van der Waals surface area contributed by atoms with E-state index in [1.54, 1.807) is 6.20 Å². The third-order valence-electron chi connectivity index (χ3n) is 7.26. The standard InChI is InChI=1S/C33H53N5O13/c1-24(39)38-29(33(46)47)10-9-27(40)6-4-13-48-15-17-50-22-31(43)36-12-14-49-16-18-51-21-30(42)35-11-3-2-5-25(32(44)45)19-28(41)8-7-26-20-34-23-37-26/h20,23,25,29H,2-19,21-22H2,1H3,(H,34,37)(H,35,42)(H,36,43)(H,38,39)(H,44,45)(H,46,47)/t25-,29+/m1/s1. The average Bonchev–Trinajstić information content (AvgIpc) is 3.61. The summed E-state index contributed by atoms with van der Waals surface area (Å²) in [5, 5.41) is 26.1. The quantitative estimate of drug-likeness (QED) is 0.0529. The molecule has 0 aromatic carbocycles. The molecule has 288 valence electrons. The predicted molar refractivity (Wildman–Crippen MR) is 180 cm³/mol. The third-order valence-corrected chi connectivity index (χ3v) is 7.26. The number of carbonyl (C=O) groups excluding carboxylic acids is 5. The monoisotopic (exact) mass is 727 g/mol. The van der Waals surface area contributed by atoms with Crippen molar-refractivity contribution in [2.24, 2.45) is 5.92 Å². The van der Waals surface area contributed by atoms with Crippen LogP contribution in [0.25, 0.3) is 0 Å². The van der Waals surface area contributed by atoms with Gasteiger partial charge in [-0.2, -0.15) is 0 Å². The summed E-state index contributed by atoms with van der Waals surface area (Å²) >= 11 is 0. The van der Waals surface area contributed by atoms with Gasteiger partial charge in [-0.1, -0.05) is 6.42 Å². The highest BCUT2D eigenvalue weighted by molar-refractivity contribution is 5.84. The van der Waals surface area contributed by atoms with Gasteiger partial charge in [0.1, 0.15) is 30.8 Å². The number of aromatic nitrogens is 2. The average molecular weight is 728 g/mol. The number of imidazole rings is 1. The maximum atomic E-state index is 12.2. The third kappa shape index (κ3) is 25.4. The number of hydrogen-bond acceptors (Lipinski definition) is 12. The van der Waals surface area contributed by atoms with Gasteiger partial charge in [0.15, 0.2) is 0 Å². The molecule has 0 aliphatic carbocycles. The Bertz CT molecular complexity index is 1200. The van der Waals surface area contributed by atoms with Crippen LogP contribution in [-0.2, 0) is 58.9 Å². The summed E-state index contributed by atoms with van der Waals surface area (Å²) in [7, 11) is 0. The fourth-order valence-electron chi connectivity index (χ4n) is 4.57. The van der Waals surface area contributed by atoms with Crippen molar-refractivity contribution in [3.05, 3.63) is 18.2 Å². The van der Waals surface area contributed by atoms with Crippen LogP contribution >= 0.6 is 0 Å². The Hall–Kier alpha value is -4.26. The number of rotatable bonds is 33. The Morgan fingerprint density at radius 2 is 1.37 bits per heavy atom. The number of aromatic amines is 1. The highest BCUT2D eigenvalue weighted by atomic mass is 16.5. The molecule has 1 aromatic rings. The lowest BCUT2D eigenvalue weighted by molar-refractivity contribution is -0.144. The summed E-state index contributed by atoms with van der Waals surface area (Å²) in [5.41, 5.74) is 0.825. The fourth-order valence-corrected chi connectivity index (χ4v) is 4.57. The van der Waals surface area contributed by atoms with Crippen LogP contribution in [0.1, 0.15) is 70.4 Å². The van der Waals surface area contributed by atoms with Crippen LogP contribution in [0.2, 0.25) is 0 Å². The number of carboxylic acid groups (broad SMARTS) is 2. The second-order valence-corrected chi connectivity index (χ2v) is 11.7. The van der Waals surface area contributed by atoms with Crippen LogP contribution < -0.4 is 16.0 Å². The van der Waals surface area contributed by atoms with Crippen LogP contribution in [0.4, 0.5) is 0 Å². The number of aryl methyl sites for hydroxylation is 1. The van der Waals surface area contributed by atoms with Crippen molar-refractivity contribution in [2.75, 3.05) is 65.9 Å². The number of aliphatic carboxylic acids is 2. The molecule has 0 aliphatic heterocycles. The Kier molecular flexibility index (Phi) is 25.0. The summed E-state index contributed by atoms with van der Waals surface area (Å²) < 4.78 is 21.2. The van der Waals surface area contributed by atoms with E-state index in [0.29, 0.717) is 45.3 Å². The van der Waals surface area contributed by atoms with E-state index < -0.39 is 29.8 Å². The number of carbonyl (C=O) groups is 7. The first-order valence-corrected chi connectivity index (χ1v) is 17.1. The molecule has 18 heteroatoms. The molecule has 0 saturated heterocycles. The molecule has 1 aromatic heterocycles. The minimum Gasteiger partial charge on any atom is -0.481 e. The summed E-state index contributed by atoms with van der Waals surface area (Å²) in [4.78, 5) is 88.3. The minimum absolute atomic E-state index is 0.0230. The van der Waals surface area contributed by atoms with Crippen LogP contribution in [-0.4, -0.2) is 133 Å². The maximum Gasteiger partial charge on any atom is 0.326 e. The van der Waals surface area contributed by atoms with Gasteiger partial charge in [-0.15, -0.1) is 0 Å². The second-order valence-electron chi connectivity index (χ2n) is 11.7. The molecule has 51 heavy (non-hydrogen) atoms. The number of Topliss-reactive ketones (excluding diaryl/α,β-unsaturated/α-hetero) is 2. The van der Waals surface area contributed by atoms with E-state index in [1.165, 1.54) is 13.3 Å². The number of H-pyrrole nitrogens is 1. The molecular weight excluding hydrogens is 674 g/mol. The number of ether oxygens (including phenoxy) is 4. The van der Waals surface area contributed by atoms with Gasteiger partial charge >= 0.3 is 11.9 Å². The van der Waals surface area contributed by atoms with E-state index in [2.05, 4.69) is 25.9 Å². The molecule has 0 bridgehead atoms. The zero-order chi connectivity index (χ0) is 37.7. The van der Waals surface area contributed by atoms with Crippen molar-refractivity contribution in [1.29, 1.82) is 0 Å². The van der Waals surface area contributed by atoms with Gasteiger partial charge in [0, 0.05) is 64.2 Å². The Morgan fingerprint density at radius 3 is 1.98 bits per heavy atom. The smallest absolute Gasteiger partial charge is 0.326 e. The molecule has 18 nitrogen and oxygen atoms in total. The van der Waals surface area contributed by atoms with Gasteiger partial charge in [-0.3, -0.25) is 28.8 Å². The highest BCUT2D eigenvalue weighted by Gasteiger charge is 2.21. The molecule has 0 spiro atoms. The van der Waals surface area contributed by atoms with Gasteiger partial charge in [0.2, 0.25) is 17.7 Å². The molecule has 6 N–H and O–H groups in total. The number of hydrogen-bond donors (Lipinski definition) is 6. The van der Waals surface area contributed by atoms with Crippen molar-refractivity contribution in [3.8, 4) is 0 Å². The number of nitrogens with zero attached hydrogens (tertiary/aromatic N) is 1. The Labute approximate surface area is 297 Å². The first kappa shape index (κ1) is 44.8. The van der Waals surface area contributed by atoms with Crippen LogP contribution in [0.15, 0.2) is 12.5 Å². The van der Waals surface area contributed by atoms with Crippen molar-refractivity contribution in [3.63, 3.8) is 0 Å². The number of amides is 3. The molecule has 1 rings (SSSR count). The Morgan fingerprint density at radius 1 is 0.725 bits per heavy atom. The molecule has 0 fully saturated rings. The van der Waals surface area contributed by atoms with Crippen molar-refractivity contribution in [1.82, 2.24) is 25.9 Å². The van der Waals surface area contributed by atoms with Crippen molar-refractivity contribution in [2.45, 2.75) is 77.2 Å². The van der Waals surface area contributed by atoms with E-state index in [9.17, 15) is 38.7 Å². The molecule has 0 saturated carbocycles. The molecule has 0 radical (unpaired) electrons. The molecule has 0 unspecified atom stereocenters. The van der Waals surface area contributed by atoms with Gasteiger partial charge in [-0.25, -0.2) is 9.78 Å². The van der Waals surface area contributed by atoms with E-state index >= 15 is 0 Å². The normalized spacial score (nSPS) is 12.1. The van der Waals surface area contributed by atoms with E-state index in [0.717, 1.165) is 5.69 Å². The molecule has 3 amide bonds. The molecule has 1 heterocycles. The lowest BCUT2D eigenvalue weighted by Crippen LogP contribution is -2.39. The SMILES string of the molecule is CC(=O)N[C@@H](CCC(=O)CCCOCCOCC(=O)NCCOCCOCC(=O)NCCCC[C@H](CC(=O)CCc1cnc[nH]1)C(=O)O)C(=O)O. The highest BCUT2D eigenvalue weighted by Crippen LogP contribution is 2.15. The molecule has 2 atom stereocenters. The summed E-state index contributed by atoms with van der Waals surface area (Å²) in [6, 6.07) is -1.09. The first-order chi connectivity index (χ1) is 24.5. The van der Waals surface area contributed by atoms with Crippen molar-refractivity contribution < 1.29 is 62.7 Å². The van der Waals surface area contributed by atoms with Gasteiger partial charge < -0.3 is 50.1 Å². The van der Waals surface area contributed by atoms with Crippen LogP contribution in [0.3, 0.4) is 0 Å². The number of unbranched alkanes of at least 4 members (excludes halogenated alkanes) is 1. The number of nitrogens with one attached hydrogen (secondary N) is 4. The largest absolute Gasteiger partial charge is 0.481 e. The fraction of sp³-hybridized carbons (Fsp3) is 0.697. The number of ketones is 2. The zero-order valence-corrected chi connectivity index (χ0v) is 29.3. The second kappa shape index (κ2) is 28.4.